The van der Waals surface area contributed by atoms with Crippen LogP contribution in [0, 0.1) is 0 Å². The molecule has 148 valence electrons. The number of ether oxygens (including phenoxy) is 2. The molecular formula is C23H22N2O4. The largest absolute Gasteiger partial charge is 0.497 e. The first kappa shape index (κ1) is 19.9. The van der Waals surface area contributed by atoms with Crippen molar-refractivity contribution < 1.29 is 19.1 Å². The van der Waals surface area contributed by atoms with Crippen LogP contribution >= 0.6 is 0 Å². The number of hydrogen-bond acceptors (Lipinski definition) is 4. The van der Waals surface area contributed by atoms with Gasteiger partial charge in [-0.25, -0.2) is 0 Å². The number of carbonyl (C=O) groups is 2. The van der Waals surface area contributed by atoms with Gasteiger partial charge in [-0.2, -0.15) is 0 Å². The second kappa shape index (κ2) is 9.41. The molecule has 3 aromatic carbocycles. The number of hydrogen-bond donors (Lipinski definition) is 2. The zero-order valence-electron chi connectivity index (χ0n) is 16.3. The van der Waals surface area contributed by atoms with Gasteiger partial charge in [0.25, 0.3) is 11.8 Å². The number of rotatable bonds is 7. The van der Waals surface area contributed by atoms with Gasteiger partial charge in [-0.05, 0) is 48.0 Å². The molecule has 3 aromatic rings. The van der Waals surface area contributed by atoms with Crippen molar-refractivity contribution in [2.24, 2.45) is 0 Å². The average molecular weight is 390 g/mol. The van der Waals surface area contributed by atoms with Crippen molar-refractivity contribution in [3.63, 3.8) is 0 Å². The molecule has 2 N–H and O–H groups in total. The summed E-state index contributed by atoms with van der Waals surface area (Å²) in [5, 5.41) is 5.66. The molecule has 0 radical (unpaired) electrons. The Morgan fingerprint density at radius 3 is 2.10 bits per heavy atom. The van der Waals surface area contributed by atoms with E-state index in [1.54, 1.807) is 62.8 Å². The molecular weight excluding hydrogens is 368 g/mol. The number of benzene rings is 3. The maximum atomic E-state index is 12.5. The third kappa shape index (κ3) is 5.35. The Balaban J connectivity index is 1.64. The highest BCUT2D eigenvalue weighted by molar-refractivity contribution is 6.06. The molecule has 0 fully saturated rings. The number of carbonyl (C=O) groups excluding carboxylic acids is 2. The van der Waals surface area contributed by atoms with Gasteiger partial charge in [-0.3, -0.25) is 9.59 Å². The highest BCUT2D eigenvalue weighted by Crippen LogP contribution is 2.18. The summed E-state index contributed by atoms with van der Waals surface area (Å²) in [5.74, 6) is 0.851. The second-order valence-electron chi connectivity index (χ2n) is 6.30. The number of methoxy groups -OCH3 is 2. The van der Waals surface area contributed by atoms with E-state index in [1.807, 2.05) is 24.3 Å². The van der Waals surface area contributed by atoms with E-state index in [0.29, 0.717) is 29.1 Å². The van der Waals surface area contributed by atoms with Crippen LogP contribution in [0.5, 0.6) is 11.5 Å². The van der Waals surface area contributed by atoms with E-state index in [2.05, 4.69) is 10.6 Å². The van der Waals surface area contributed by atoms with Gasteiger partial charge in [-0.1, -0.05) is 24.3 Å². The number of amides is 2. The molecule has 0 aliphatic heterocycles. The lowest BCUT2D eigenvalue weighted by Gasteiger charge is -2.09. The molecule has 29 heavy (non-hydrogen) atoms. The fraction of sp³-hybridized carbons (Fsp3) is 0.130. The van der Waals surface area contributed by atoms with Crippen LogP contribution in [0.3, 0.4) is 0 Å². The first-order valence-electron chi connectivity index (χ1n) is 9.05. The molecule has 0 aliphatic carbocycles. The maximum absolute atomic E-state index is 12.5. The Morgan fingerprint density at radius 2 is 1.41 bits per heavy atom. The Kier molecular flexibility index (Phi) is 6.47. The molecule has 0 atom stereocenters. The van der Waals surface area contributed by atoms with E-state index in [9.17, 15) is 9.59 Å². The van der Waals surface area contributed by atoms with E-state index in [-0.39, 0.29) is 11.8 Å². The average Bonchev–Trinajstić information content (AvgIpc) is 2.78. The van der Waals surface area contributed by atoms with Gasteiger partial charge in [0.05, 0.1) is 14.2 Å². The lowest BCUT2D eigenvalue weighted by Crippen LogP contribution is -2.23. The van der Waals surface area contributed by atoms with Crippen LogP contribution in [0.1, 0.15) is 26.3 Å². The molecule has 0 saturated carbocycles. The second-order valence-corrected chi connectivity index (χ2v) is 6.30. The molecule has 0 heterocycles. The highest BCUT2D eigenvalue weighted by Gasteiger charge is 2.11. The van der Waals surface area contributed by atoms with Crippen molar-refractivity contribution in [1.82, 2.24) is 5.32 Å². The van der Waals surface area contributed by atoms with Gasteiger partial charge in [-0.15, -0.1) is 0 Å². The quantitative estimate of drug-likeness (QED) is 0.642. The molecule has 2 amide bonds. The molecule has 6 heteroatoms. The Bertz CT molecular complexity index is 1000. The van der Waals surface area contributed by atoms with Crippen LogP contribution < -0.4 is 20.1 Å². The molecule has 0 spiro atoms. The zero-order valence-corrected chi connectivity index (χ0v) is 16.3. The van der Waals surface area contributed by atoms with Gasteiger partial charge in [0, 0.05) is 29.4 Å². The van der Waals surface area contributed by atoms with Crippen molar-refractivity contribution in [3.8, 4) is 11.5 Å². The molecule has 0 saturated heterocycles. The zero-order chi connectivity index (χ0) is 20.6. The van der Waals surface area contributed by atoms with Gasteiger partial charge in [0.1, 0.15) is 11.5 Å². The highest BCUT2D eigenvalue weighted by atomic mass is 16.5. The first-order valence-corrected chi connectivity index (χ1v) is 9.05. The topological polar surface area (TPSA) is 76.7 Å². The van der Waals surface area contributed by atoms with Crippen LogP contribution in [0.4, 0.5) is 5.69 Å². The van der Waals surface area contributed by atoms with E-state index >= 15 is 0 Å². The first-order chi connectivity index (χ1) is 14.1. The lowest BCUT2D eigenvalue weighted by molar-refractivity contribution is 0.0951. The van der Waals surface area contributed by atoms with Crippen LogP contribution in [0.15, 0.2) is 72.8 Å². The van der Waals surface area contributed by atoms with Crippen molar-refractivity contribution >= 4 is 17.5 Å². The minimum atomic E-state index is -0.303. The van der Waals surface area contributed by atoms with Gasteiger partial charge in [0.15, 0.2) is 0 Å². The van der Waals surface area contributed by atoms with Crippen molar-refractivity contribution in [2.45, 2.75) is 6.54 Å². The Labute approximate surface area is 169 Å². The van der Waals surface area contributed by atoms with Crippen molar-refractivity contribution in [3.05, 3.63) is 89.5 Å². The summed E-state index contributed by atoms with van der Waals surface area (Å²) >= 11 is 0. The summed E-state index contributed by atoms with van der Waals surface area (Å²) in [4.78, 5) is 25.0. The van der Waals surface area contributed by atoms with E-state index in [0.717, 1.165) is 11.3 Å². The third-order valence-corrected chi connectivity index (χ3v) is 4.33. The van der Waals surface area contributed by atoms with Crippen LogP contribution in [-0.2, 0) is 6.54 Å². The summed E-state index contributed by atoms with van der Waals surface area (Å²) in [7, 11) is 3.17. The van der Waals surface area contributed by atoms with E-state index < -0.39 is 0 Å². The predicted molar refractivity (Wildman–Crippen MR) is 112 cm³/mol. The SMILES string of the molecule is COc1ccc(CNC(=O)c2cccc(C(=O)Nc3cccc(OC)c3)c2)cc1. The normalized spacial score (nSPS) is 10.1. The molecule has 0 bridgehead atoms. The minimum absolute atomic E-state index is 0.253. The fourth-order valence-corrected chi connectivity index (χ4v) is 2.73. The summed E-state index contributed by atoms with van der Waals surface area (Å²) in [6, 6.07) is 21.1. The van der Waals surface area contributed by atoms with Crippen LogP contribution in [-0.4, -0.2) is 26.0 Å². The van der Waals surface area contributed by atoms with Crippen molar-refractivity contribution in [2.75, 3.05) is 19.5 Å². The van der Waals surface area contributed by atoms with Gasteiger partial charge < -0.3 is 20.1 Å². The third-order valence-electron chi connectivity index (χ3n) is 4.33. The van der Waals surface area contributed by atoms with E-state index in [1.165, 1.54) is 0 Å². The monoisotopic (exact) mass is 390 g/mol. The summed E-state index contributed by atoms with van der Waals surface area (Å²) in [5.41, 5.74) is 2.37. The standard InChI is InChI=1S/C23H22N2O4/c1-28-20-11-9-16(10-12-20)15-24-22(26)17-5-3-6-18(13-17)23(27)25-19-7-4-8-21(14-19)29-2/h3-14H,15H2,1-2H3,(H,24,26)(H,25,27). The molecule has 6 nitrogen and oxygen atoms in total. The van der Waals surface area contributed by atoms with Crippen molar-refractivity contribution in [1.29, 1.82) is 0 Å². The van der Waals surface area contributed by atoms with Crippen LogP contribution in [0.2, 0.25) is 0 Å². The summed E-state index contributed by atoms with van der Waals surface area (Å²) in [6.45, 7) is 0.378. The number of anilines is 1. The Hall–Kier alpha value is -3.80. The molecule has 0 aliphatic rings. The predicted octanol–water partition coefficient (Wildman–Crippen LogP) is 3.89. The lowest BCUT2D eigenvalue weighted by atomic mass is 10.1. The van der Waals surface area contributed by atoms with Gasteiger partial charge in [0.2, 0.25) is 0 Å². The van der Waals surface area contributed by atoms with E-state index in [4.69, 9.17) is 9.47 Å². The Morgan fingerprint density at radius 1 is 0.759 bits per heavy atom. The molecule has 0 aromatic heterocycles. The summed E-state index contributed by atoms with van der Waals surface area (Å²) in [6.07, 6.45) is 0. The molecule has 3 rings (SSSR count). The minimum Gasteiger partial charge on any atom is -0.497 e. The summed E-state index contributed by atoms with van der Waals surface area (Å²) < 4.78 is 10.3. The van der Waals surface area contributed by atoms with Gasteiger partial charge >= 0.3 is 0 Å². The van der Waals surface area contributed by atoms with Crippen LogP contribution in [0.25, 0.3) is 0 Å². The number of nitrogens with one attached hydrogen (secondary N) is 2. The molecule has 0 unspecified atom stereocenters. The smallest absolute Gasteiger partial charge is 0.255 e. The maximum Gasteiger partial charge on any atom is 0.255 e. The fourth-order valence-electron chi connectivity index (χ4n) is 2.73.